The molecule has 0 amide bonds. The minimum absolute atomic E-state index is 0.0139. The van der Waals surface area contributed by atoms with Gasteiger partial charge >= 0.3 is 0 Å². The van der Waals surface area contributed by atoms with E-state index in [1.165, 1.54) is 30.8 Å². The SMILES string of the molecule is COCN(c1ccc(F)c(-c2nc(Br)sc2-c2ccncc2)c1F)[S+]([O-])c1cc(F)ccc1F. The van der Waals surface area contributed by atoms with Crippen molar-refractivity contribution in [3.8, 4) is 21.7 Å². The van der Waals surface area contributed by atoms with E-state index >= 15 is 4.39 Å². The minimum atomic E-state index is -2.42. The highest BCUT2D eigenvalue weighted by molar-refractivity contribution is 9.11. The molecule has 0 aliphatic heterocycles. The van der Waals surface area contributed by atoms with E-state index in [1.807, 2.05) is 0 Å². The molecule has 2 aromatic carbocycles. The van der Waals surface area contributed by atoms with Gasteiger partial charge in [0.15, 0.2) is 22.3 Å². The van der Waals surface area contributed by atoms with E-state index in [-0.39, 0.29) is 11.4 Å². The molecule has 0 radical (unpaired) electrons. The maximum Gasteiger partial charge on any atom is 0.218 e. The summed E-state index contributed by atoms with van der Waals surface area (Å²) >= 11 is 2.01. The zero-order valence-corrected chi connectivity index (χ0v) is 20.5. The van der Waals surface area contributed by atoms with Gasteiger partial charge in [0.1, 0.15) is 28.7 Å². The zero-order chi connectivity index (χ0) is 24.4. The van der Waals surface area contributed by atoms with Crippen molar-refractivity contribution in [2.45, 2.75) is 4.90 Å². The third-order valence-electron chi connectivity index (χ3n) is 4.65. The summed E-state index contributed by atoms with van der Waals surface area (Å²) < 4.78 is 78.2. The zero-order valence-electron chi connectivity index (χ0n) is 17.3. The van der Waals surface area contributed by atoms with Gasteiger partial charge < -0.3 is 9.29 Å². The summed E-state index contributed by atoms with van der Waals surface area (Å²) in [6.45, 7) is -0.456. The molecule has 5 nitrogen and oxygen atoms in total. The number of benzene rings is 2. The van der Waals surface area contributed by atoms with Crippen molar-refractivity contribution in [3.05, 3.63) is 82.0 Å². The molecule has 0 aliphatic carbocycles. The van der Waals surface area contributed by atoms with Gasteiger partial charge in [-0.15, -0.1) is 11.3 Å². The van der Waals surface area contributed by atoms with Crippen LogP contribution in [0, 0.1) is 23.3 Å². The van der Waals surface area contributed by atoms with E-state index in [1.54, 1.807) is 12.1 Å². The number of hydrogen-bond acceptors (Lipinski definition) is 6. The Balaban J connectivity index is 1.87. The fourth-order valence-electron chi connectivity index (χ4n) is 3.17. The Morgan fingerprint density at radius 2 is 1.76 bits per heavy atom. The number of anilines is 1. The molecule has 0 saturated carbocycles. The van der Waals surface area contributed by atoms with E-state index < -0.39 is 51.8 Å². The maximum atomic E-state index is 15.9. The summed E-state index contributed by atoms with van der Waals surface area (Å²) in [5.74, 6) is -3.77. The van der Waals surface area contributed by atoms with Crippen LogP contribution in [0.1, 0.15) is 0 Å². The van der Waals surface area contributed by atoms with Crippen LogP contribution in [-0.4, -0.2) is 28.4 Å². The summed E-state index contributed by atoms with van der Waals surface area (Å²) in [6.07, 6.45) is 3.07. The van der Waals surface area contributed by atoms with Crippen LogP contribution in [0.15, 0.2) is 63.7 Å². The average Bonchev–Trinajstić information content (AvgIpc) is 3.21. The van der Waals surface area contributed by atoms with Crippen LogP contribution in [0.3, 0.4) is 0 Å². The molecule has 0 saturated heterocycles. The van der Waals surface area contributed by atoms with Crippen LogP contribution in [0.25, 0.3) is 21.7 Å². The topological polar surface area (TPSA) is 61.3 Å². The lowest BCUT2D eigenvalue weighted by molar-refractivity contribution is 0.209. The summed E-state index contributed by atoms with van der Waals surface area (Å²) in [6, 6.07) is 7.80. The molecule has 0 bridgehead atoms. The summed E-state index contributed by atoms with van der Waals surface area (Å²) in [4.78, 5) is 8.16. The molecule has 2 heterocycles. The molecule has 176 valence electrons. The van der Waals surface area contributed by atoms with Gasteiger partial charge in [-0.2, -0.15) is 4.31 Å². The highest BCUT2D eigenvalue weighted by Gasteiger charge is 2.32. The molecule has 12 heteroatoms. The van der Waals surface area contributed by atoms with E-state index in [0.29, 0.717) is 14.4 Å². The van der Waals surface area contributed by atoms with Crippen molar-refractivity contribution < 1.29 is 26.9 Å². The van der Waals surface area contributed by atoms with Crippen LogP contribution in [0.5, 0.6) is 0 Å². The van der Waals surface area contributed by atoms with Gasteiger partial charge in [0, 0.05) is 25.6 Å². The molecule has 4 rings (SSSR count). The second-order valence-corrected chi connectivity index (χ2v) is 10.4. The van der Waals surface area contributed by atoms with Gasteiger partial charge in [-0.1, -0.05) is 0 Å². The van der Waals surface area contributed by atoms with Crippen LogP contribution < -0.4 is 4.31 Å². The number of ether oxygens (including phenoxy) is 1. The first-order valence-electron chi connectivity index (χ1n) is 9.50. The Morgan fingerprint density at radius 1 is 1.06 bits per heavy atom. The fourth-order valence-corrected chi connectivity index (χ4v) is 5.84. The Labute approximate surface area is 207 Å². The Kier molecular flexibility index (Phi) is 7.53. The first kappa shape index (κ1) is 24.6. The second kappa shape index (κ2) is 10.4. The van der Waals surface area contributed by atoms with E-state index in [9.17, 15) is 17.7 Å². The Bertz CT molecular complexity index is 1330. The van der Waals surface area contributed by atoms with Crippen molar-refractivity contribution >= 4 is 44.3 Å². The molecular formula is C22H14BrF4N3O2S2. The number of rotatable bonds is 7. The van der Waals surface area contributed by atoms with E-state index in [4.69, 9.17) is 4.74 Å². The normalized spacial score (nSPS) is 12.1. The second-order valence-electron chi connectivity index (χ2n) is 6.76. The lowest BCUT2D eigenvalue weighted by Crippen LogP contribution is -2.34. The standard InChI is InChI=1S/C22H14BrF4N3O2S2/c1-32-11-30(34(31)17-10-13(24)2-3-14(17)25)16-5-4-15(26)18(19(16)27)20-21(33-22(23)29-20)12-6-8-28-9-7-12/h2-10H,11H2,1H3. The largest absolute Gasteiger partial charge is 0.588 e. The van der Waals surface area contributed by atoms with Crippen molar-refractivity contribution in [1.82, 2.24) is 9.97 Å². The monoisotopic (exact) mass is 571 g/mol. The molecule has 2 aromatic heterocycles. The highest BCUT2D eigenvalue weighted by Crippen LogP contribution is 2.42. The quantitative estimate of drug-likeness (QED) is 0.147. The number of halogens is 5. The number of aromatic nitrogens is 2. The molecule has 4 aromatic rings. The van der Waals surface area contributed by atoms with Crippen LogP contribution in [0.4, 0.5) is 23.2 Å². The first-order valence-corrected chi connectivity index (χ1v) is 12.2. The molecule has 34 heavy (non-hydrogen) atoms. The van der Waals surface area contributed by atoms with Gasteiger partial charge in [-0.05, 0) is 57.9 Å². The van der Waals surface area contributed by atoms with Crippen molar-refractivity contribution in [2.24, 2.45) is 0 Å². The third kappa shape index (κ3) is 4.82. The van der Waals surface area contributed by atoms with Gasteiger partial charge in [0.2, 0.25) is 4.90 Å². The number of methoxy groups -OCH3 is 1. The average molecular weight is 572 g/mol. The van der Waals surface area contributed by atoms with Crippen LogP contribution in [-0.2, 0) is 16.1 Å². The van der Waals surface area contributed by atoms with Crippen LogP contribution >= 0.6 is 27.3 Å². The summed E-state index contributed by atoms with van der Waals surface area (Å²) in [5.41, 5.74) is -0.161. The Hall–Kier alpha value is -2.51. The minimum Gasteiger partial charge on any atom is -0.588 e. The van der Waals surface area contributed by atoms with Crippen molar-refractivity contribution in [3.63, 3.8) is 0 Å². The molecule has 0 fully saturated rings. The fraction of sp³-hybridized carbons (Fsp3) is 0.0909. The molecular weight excluding hydrogens is 558 g/mol. The van der Waals surface area contributed by atoms with Crippen LogP contribution in [0.2, 0.25) is 0 Å². The molecule has 0 spiro atoms. The van der Waals surface area contributed by atoms with Crippen molar-refractivity contribution in [2.75, 3.05) is 18.1 Å². The number of thiazole rings is 1. The first-order chi connectivity index (χ1) is 16.3. The predicted octanol–water partition coefficient (Wildman–Crippen LogP) is 6.32. The number of pyridine rings is 1. The Morgan fingerprint density at radius 3 is 2.47 bits per heavy atom. The lowest BCUT2D eigenvalue weighted by atomic mass is 10.1. The van der Waals surface area contributed by atoms with Gasteiger partial charge in [-0.25, -0.2) is 22.5 Å². The molecule has 0 aliphatic rings. The number of nitrogens with zero attached hydrogens (tertiary/aromatic N) is 3. The van der Waals surface area contributed by atoms with Gasteiger partial charge in [-0.3, -0.25) is 4.98 Å². The van der Waals surface area contributed by atoms with Gasteiger partial charge in [0.05, 0.1) is 16.1 Å². The number of hydrogen-bond donors (Lipinski definition) is 0. The predicted molar refractivity (Wildman–Crippen MR) is 126 cm³/mol. The summed E-state index contributed by atoms with van der Waals surface area (Å²) in [7, 11) is 1.26. The molecule has 1 unspecified atom stereocenters. The van der Waals surface area contributed by atoms with E-state index in [2.05, 4.69) is 25.9 Å². The maximum absolute atomic E-state index is 15.9. The van der Waals surface area contributed by atoms with E-state index in [0.717, 1.165) is 34.6 Å². The molecule has 1 atom stereocenters. The lowest BCUT2D eigenvalue weighted by Gasteiger charge is -2.26. The summed E-state index contributed by atoms with van der Waals surface area (Å²) in [5, 5.41) is 0. The third-order valence-corrected chi connectivity index (χ3v) is 7.60. The molecule has 0 N–H and O–H groups in total. The van der Waals surface area contributed by atoms with Crippen molar-refractivity contribution in [1.29, 1.82) is 0 Å². The smallest absolute Gasteiger partial charge is 0.218 e. The highest BCUT2D eigenvalue weighted by atomic mass is 79.9. The van der Waals surface area contributed by atoms with Gasteiger partial charge in [0.25, 0.3) is 0 Å².